The minimum atomic E-state index is -0.535. The minimum absolute atomic E-state index is 0.0693. The SMILES string of the molecule is CN(Cc1ccc(Cl)s1)C(=O)c1ccccc1OCC(=O)Nc1ccccc1F. The summed E-state index contributed by atoms with van der Waals surface area (Å²) in [6, 6.07) is 16.2. The van der Waals surface area contributed by atoms with Gasteiger partial charge in [-0.05, 0) is 36.4 Å². The molecule has 0 aliphatic rings. The summed E-state index contributed by atoms with van der Waals surface area (Å²) in [7, 11) is 1.68. The smallest absolute Gasteiger partial charge is 0.262 e. The predicted molar refractivity (Wildman–Crippen MR) is 112 cm³/mol. The van der Waals surface area contributed by atoms with Gasteiger partial charge in [-0.2, -0.15) is 0 Å². The zero-order valence-corrected chi connectivity index (χ0v) is 17.1. The molecule has 5 nitrogen and oxygen atoms in total. The van der Waals surface area contributed by atoms with Gasteiger partial charge in [-0.15, -0.1) is 11.3 Å². The molecule has 0 aliphatic heterocycles. The molecule has 8 heteroatoms. The van der Waals surface area contributed by atoms with Crippen LogP contribution in [0.2, 0.25) is 4.34 Å². The first kappa shape index (κ1) is 20.8. The molecule has 150 valence electrons. The Morgan fingerprint density at radius 3 is 2.55 bits per heavy atom. The van der Waals surface area contributed by atoms with Gasteiger partial charge in [0.2, 0.25) is 0 Å². The Hall–Kier alpha value is -2.90. The number of ether oxygens (including phenoxy) is 1. The summed E-state index contributed by atoms with van der Waals surface area (Å²) < 4.78 is 19.8. The molecule has 0 unspecified atom stereocenters. The number of nitrogens with zero attached hydrogens (tertiary/aromatic N) is 1. The number of amides is 2. The van der Waals surface area contributed by atoms with Gasteiger partial charge in [-0.25, -0.2) is 4.39 Å². The zero-order valence-electron chi connectivity index (χ0n) is 15.5. The highest BCUT2D eigenvalue weighted by molar-refractivity contribution is 7.16. The number of para-hydroxylation sites is 2. The van der Waals surface area contributed by atoms with Crippen molar-refractivity contribution in [3.05, 3.63) is 81.3 Å². The molecule has 3 rings (SSSR count). The molecule has 0 bridgehead atoms. The Morgan fingerprint density at radius 1 is 1.10 bits per heavy atom. The summed E-state index contributed by atoms with van der Waals surface area (Å²) in [4.78, 5) is 27.4. The molecule has 0 saturated heterocycles. The van der Waals surface area contributed by atoms with Gasteiger partial charge in [-0.1, -0.05) is 35.9 Å². The summed E-state index contributed by atoms with van der Waals surface area (Å²) in [5.41, 5.74) is 0.399. The van der Waals surface area contributed by atoms with Crippen molar-refractivity contribution in [2.24, 2.45) is 0 Å². The van der Waals surface area contributed by atoms with Gasteiger partial charge in [0.15, 0.2) is 6.61 Å². The maximum Gasteiger partial charge on any atom is 0.262 e. The highest BCUT2D eigenvalue weighted by atomic mass is 35.5. The second kappa shape index (κ2) is 9.54. The number of carbonyl (C=O) groups is 2. The molecule has 1 aromatic heterocycles. The maximum absolute atomic E-state index is 13.6. The van der Waals surface area contributed by atoms with E-state index in [1.807, 2.05) is 6.07 Å². The number of hydrogen-bond donors (Lipinski definition) is 1. The van der Waals surface area contributed by atoms with Crippen molar-refractivity contribution < 1.29 is 18.7 Å². The number of carbonyl (C=O) groups excluding carboxylic acids is 2. The van der Waals surface area contributed by atoms with Gasteiger partial charge in [0, 0.05) is 11.9 Å². The molecular formula is C21H18ClFN2O3S. The number of anilines is 1. The van der Waals surface area contributed by atoms with Crippen molar-refractivity contribution in [3.63, 3.8) is 0 Å². The predicted octanol–water partition coefficient (Wildman–Crippen LogP) is 4.83. The van der Waals surface area contributed by atoms with E-state index in [0.29, 0.717) is 16.4 Å². The first-order chi connectivity index (χ1) is 13.9. The van der Waals surface area contributed by atoms with Crippen LogP contribution in [0.5, 0.6) is 5.75 Å². The van der Waals surface area contributed by atoms with Gasteiger partial charge in [0.05, 0.1) is 22.1 Å². The number of thiophene rings is 1. The average molecular weight is 433 g/mol. The minimum Gasteiger partial charge on any atom is -0.483 e. The quantitative estimate of drug-likeness (QED) is 0.581. The number of rotatable bonds is 7. The monoisotopic (exact) mass is 432 g/mol. The third-order valence-electron chi connectivity index (χ3n) is 3.99. The molecule has 0 aliphatic carbocycles. The molecule has 1 heterocycles. The van der Waals surface area contributed by atoms with E-state index in [9.17, 15) is 14.0 Å². The lowest BCUT2D eigenvalue weighted by Gasteiger charge is -2.18. The topological polar surface area (TPSA) is 58.6 Å². The number of nitrogens with one attached hydrogen (secondary N) is 1. The van der Waals surface area contributed by atoms with Gasteiger partial charge in [-0.3, -0.25) is 9.59 Å². The van der Waals surface area contributed by atoms with E-state index < -0.39 is 11.7 Å². The maximum atomic E-state index is 13.6. The van der Waals surface area contributed by atoms with Crippen LogP contribution in [0.1, 0.15) is 15.2 Å². The number of halogens is 2. The zero-order chi connectivity index (χ0) is 20.8. The fourth-order valence-corrected chi connectivity index (χ4v) is 3.75. The molecule has 1 N–H and O–H groups in total. The van der Waals surface area contributed by atoms with Crippen molar-refractivity contribution in [2.75, 3.05) is 19.0 Å². The van der Waals surface area contributed by atoms with Crippen molar-refractivity contribution in [1.29, 1.82) is 0 Å². The summed E-state index contributed by atoms with van der Waals surface area (Å²) in [6.45, 7) is 0.0429. The van der Waals surface area contributed by atoms with E-state index >= 15 is 0 Å². The molecule has 0 saturated carbocycles. The van der Waals surface area contributed by atoms with Crippen LogP contribution in [0.4, 0.5) is 10.1 Å². The molecule has 0 radical (unpaired) electrons. The van der Waals surface area contributed by atoms with Crippen LogP contribution in [0.3, 0.4) is 0 Å². The lowest BCUT2D eigenvalue weighted by molar-refractivity contribution is -0.118. The Labute approximate surface area is 176 Å². The van der Waals surface area contributed by atoms with Crippen molar-refractivity contribution in [3.8, 4) is 5.75 Å². The van der Waals surface area contributed by atoms with Crippen LogP contribution >= 0.6 is 22.9 Å². The van der Waals surface area contributed by atoms with Gasteiger partial charge < -0.3 is 15.0 Å². The van der Waals surface area contributed by atoms with E-state index in [4.69, 9.17) is 16.3 Å². The van der Waals surface area contributed by atoms with Gasteiger partial charge >= 0.3 is 0 Å². The van der Waals surface area contributed by atoms with Crippen LogP contribution in [0.15, 0.2) is 60.7 Å². The third kappa shape index (κ3) is 5.56. The van der Waals surface area contributed by atoms with E-state index in [-0.39, 0.29) is 24.0 Å². The van der Waals surface area contributed by atoms with Crippen LogP contribution in [0.25, 0.3) is 0 Å². The normalized spacial score (nSPS) is 10.4. The highest BCUT2D eigenvalue weighted by Crippen LogP contribution is 2.24. The molecule has 29 heavy (non-hydrogen) atoms. The molecule has 0 spiro atoms. The van der Waals surface area contributed by atoms with Crippen LogP contribution in [-0.4, -0.2) is 30.4 Å². The third-order valence-corrected chi connectivity index (χ3v) is 5.21. The molecule has 2 aromatic carbocycles. The standard InChI is InChI=1S/C21H18ClFN2O3S/c1-25(12-14-10-11-19(22)29-14)21(27)15-6-2-5-9-18(15)28-13-20(26)24-17-8-4-3-7-16(17)23/h2-11H,12-13H2,1H3,(H,24,26). The first-order valence-electron chi connectivity index (χ1n) is 8.70. The number of hydrogen-bond acceptors (Lipinski definition) is 4. The molecule has 3 aromatic rings. The Kier molecular flexibility index (Phi) is 6.85. The van der Waals surface area contributed by atoms with Crippen LogP contribution < -0.4 is 10.1 Å². The van der Waals surface area contributed by atoms with Crippen LogP contribution in [-0.2, 0) is 11.3 Å². The largest absolute Gasteiger partial charge is 0.483 e. The van der Waals surface area contributed by atoms with E-state index in [1.54, 1.807) is 48.3 Å². The van der Waals surface area contributed by atoms with E-state index in [1.165, 1.54) is 29.5 Å². The molecular weight excluding hydrogens is 415 g/mol. The van der Waals surface area contributed by atoms with Crippen molar-refractivity contribution >= 4 is 40.4 Å². The van der Waals surface area contributed by atoms with E-state index in [0.717, 1.165) is 4.88 Å². The second-order valence-electron chi connectivity index (χ2n) is 6.18. The summed E-state index contributed by atoms with van der Waals surface area (Å²) in [5, 5.41) is 2.44. The van der Waals surface area contributed by atoms with E-state index in [2.05, 4.69) is 5.32 Å². The van der Waals surface area contributed by atoms with Crippen LogP contribution in [0, 0.1) is 5.82 Å². The second-order valence-corrected chi connectivity index (χ2v) is 7.98. The lowest BCUT2D eigenvalue weighted by atomic mass is 10.1. The highest BCUT2D eigenvalue weighted by Gasteiger charge is 2.18. The van der Waals surface area contributed by atoms with Gasteiger partial charge in [0.25, 0.3) is 11.8 Å². The van der Waals surface area contributed by atoms with Crippen molar-refractivity contribution in [2.45, 2.75) is 6.54 Å². The first-order valence-corrected chi connectivity index (χ1v) is 9.89. The fraction of sp³-hybridized carbons (Fsp3) is 0.143. The molecule has 2 amide bonds. The van der Waals surface area contributed by atoms with Gasteiger partial charge in [0.1, 0.15) is 11.6 Å². The lowest BCUT2D eigenvalue weighted by Crippen LogP contribution is -2.27. The summed E-state index contributed by atoms with van der Waals surface area (Å²) in [5.74, 6) is -1.04. The summed E-state index contributed by atoms with van der Waals surface area (Å²) in [6.07, 6.45) is 0. The molecule has 0 fully saturated rings. The Morgan fingerprint density at radius 2 is 1.83 bits per heavy atom. The van der Waals surface area contributed by atoms with Crippen molar-refractivity contribution in [1.82, 2.24) is 4.90 Å². The Balaban J connectivity index is 1.64. The number of benzene rings is 2. The average Bonchev–Trinajstić information content (AvgIpc) is 3.12. The fourth-order valence-electron chi connectivity index (χ4n) is 2.61. The summed E-state index contributed by atoms with van der Waals surface area (Å²) >= 11 is 7.34. The Bertz CT molecular complexity index is 1020. The molecule has 0 atom stereocenters.